The molecule has 1 aromatic heterocycles. The van der Waals surface area contributed by atoms with Gasteiger partial charge >= 0.3 is 0 Å². The van der Waals surface area contributed by atoms with Crippen LogP contribution in [0.4, 0.5) is 0 Å². The Morgan fingerprint density at radius 2 is 2.06 bits per heavy atom. The van der Waals surface area contributed by atoms with Gasteiger partial charge in [0.2, 0.25) is 0 Å². The lowest BCUT2D eigenvalue weighted by Gasteiger charge is -2.22. The van der Waals surface area contributed by atoms with Crippen molar-refractivity contribution in [2.75, 3.05) is 13.2 Å². The summed E-state index contributed by atoms with van der Waals surface area (Å²) in [4.78, 5) is 4.14. The molecule has 0 aromatic carbocycles. The van der Waals surface area contributed by atoms with Gasteiger partial charge in [-0.15, -0.1) is 0 Å². The molecule has 0 aliphatic carbocycles. The summed E-state index contributed by atoms with van der Waals surface area (Å²) in [5.74, 6) is 0.764. The zero-order valence-electron chi connectivity index (χ0n) is 11.8. The van der Waals surface area contributed by atoms with Crippen LogP contribution < -0.4 is 10.5 Å². The van der Waals surface area contributed by atoms with E-state index in [4.69, 9.17) is 15.2 Å². The second kappa shape index (κ2) is 6.71. The number of pyridine rings is 1. The van der Waals surface area contributed by atoms with Crippen molar-refractivity contribution in [3.63, 3.8) is 0 Å². The number of nitrogens with two attached hydrogens (primary N) is 1. The third-order valence-electron chi connectivity index (χ3n) is 2.33. The quantitative estimate of drug-likeness (QED) is 0.845. The third kappa shape index (κ3) is 5.47. The van der Waals surface area contributed by atoms with Crippen LogP contribution in [0.5, 0.6) is 5.75 Å². The van der Waals surface area contributed by atoms with Gasteiger partial charge in [0.25, 0.3) is 0 Å². The number of ether oxygens (including phenoxy) is 2. The van der Waals surface area contributed by atoms with Gasteiger partial charge in [0.15, 0.2) is 0 Å². The zero-order chi connectivity index (χ0) is 13.6. The third-order valence-corrected chi connectivity index (χ3v) is 2.33. The van der Waals surface area contributed by atoms with Crippen LogP contribution in [0.25, 0.3) is 0 Å². The van der Waals surface area contributed by atoms with Crippen LogP contribution in [0.2, 0.25) is 0 Å². The van der Waals surface area contributed by atoms with Crippen LogP contribution in [0.1, 0.15) is 45.7 Å². The van der Waals surface area contributed by atoms with E-state index in [0.717, 1.165) is 17.7 Å². The molecule has 0 saturated carbocycles. The molecule has 0 spiro atoms. The minimum Gasteiger partial charge on any atom is -0.492 e. The highest BCUT2D eigenvalue weighted by Gasteiger charge is 2.14. The molecule has 1 unspecified atom stereocenters. The summed E-state index contributed by atoms with van der Waals surface area (Å²) in [6.45, 7) is 9.28. The first-order chi connectivity index (χ1) is 8.42. The molecule has 1 atom stereocenters. The maximum absolute atomic E-state index is 6.08. The molecular weight excluding hydrogens is 228 g/mol. The lowest BCUT2D eigenvalue weighted by atomic mass is 10.1. The Hall–Kier alpha value is -1.13. The first-order valence-corrected chi connectivity index (χ1v) is 6.39. The maximum Gasteiger partial charge on any atom is 0.137 e. The van der Waals surface area contributed by atoms with Crippen LogP contribution in [0.3, 0.4) is 0 Å². The Morgan fingerprint density at radius 1 is 1.33 bits per heavy atom. The number of aromatic nitrogens is 1. The van der Waals surface area contributed by atoms with Crippen LogP contribution in [0, 0.1) is 0 Å². The van der Waals surface area contributed by atoms with Crippen LogP contribution in [0.15, 0.2) is 18.5 Å². The summed E-state index contributed by atoms with van der Waals surface area (Å²) in [7, 11) is 0. The lowest BCUT2D eigenvalue weighted by Crippen LogP contribution is -2.26. The molecule has 0 aliphatic rings. The lowest BCUT2D eigenvalue weighted by molar-refractivity contribution is -0.0102. The Balaban J connectivity index is 2.59. The number of nitrogens with zero attached hydrogens (tertiary/aromatic N) is 1. The fraction of sp³-hybridized carbons (Fsp3) is 0.643. The normalized spacial score (nSPS) is 13.4. The van der Waals surface area contributed by atoms with Crippen molar-refractivity contribution in [3.05, 3.63) is 24.0 Å². The predicted molar refractivity (Wildman–Crippen MR) is 72.7 cm³/mol. The zero-order valence-corrected chi connectivity index (χ0v) is 11.8. The molecular formula is C14H24N2O2. The second-order valence-electron chi connectivity index (χ2n) is 5.33. The van der Waals surface area contributed by atoms with Crippen molar-refractivity contribution in [3.8, 4) is 5.75 Å². The molecule has 1 rings (SSSR count). The van der Waals surface area contributed by atoms with E-state index in [1.165, 1.54) is 0 Å². The minimum absolute atomic E-state index is 0.179. The van der Waals surface area contributed by atoms with Gasteiger partial charge in [0.1, 0.15) is 5.75 Å². The van der Waals surface area contributed by atoms with E-state index in [-0.39, 0.29) is 11.6 Å². The average Bonchev–Trinajstić information content (AvgIpc) is 2.33. The van der Waals surface area contributed by atoms with Gasteiger partial charge in [-0.05, 0) is 38.8 Å². The maximum atomic E-state index is 6.08. The van der Waals surface area contributed by atoms with E-state index in [1.54, 1.807) is 12.4 Å². The fourth-order valence-corrected chi connectivity index (χ4v) is 1.37. The van der Waals surface area contributed by atoms with E-state index in [1.807, 2.05) is 26.8 Å². The molecule has 4 heteroatoms. The first kappa shape index (κ1) is 14.9. The largest absolute Gasteiger partial charge is 0.492 e. The van der Waals surface area contributed by atoms with E-state index in [9.17, 15) is 0 Å². The van der Waals surface area contributed by atoms with Gasteiger partial charge in [-0.2, -0.15) is 0 Å². The molecule has 0 radical (unpaired) electrons. The number of hydrogen-bond acceptors (Lipinski definition) is 4. The minimum atomic E-state index is -0.179. The van der Waals surface area contributed by atoms with Crippen LogP contribution in [-0.2, 0) is 4.74 Å². The van der Waals surface area contributed by atoms with Crippen molar-refractivity contribution < 1.29 is 9.47 Å². The summed E-state index contributed by atoms with van der Waals surface area (Å²) in [5, 5.41) is 0. The Labute approximate surface area is 110 Å². The second-order valence-corrected chi connectivity index (χ2v) is 5.33. The van der Waals surface area contributed by atoms with Gasteiger partial charge in [-0.1, -0.05) is 6.92 Å². The van der Waals surface area contributed by atoms with Gasteiger partial charge in [0.05, 0.1) is 31.1 Å². The summed E-state index contributed by atoms with van der Waals surface area (Å²) < 4.78 is 11.2. The monoisotopic (exact) mass is 252 g/mol. The van der Waals surface area contributed by atoms with Crippen LogP contribution >= 0.6 is 0 Å². The molecule has 1 aromatic rings. The van der Waals surface area contributed by atoms with Crippen LogP contribution in [-0.4, -0.2) is 23.8 Å². The summed E-state index contributed by atoms with van der Waals surface area (Å²) in [5.41, 5.74) is 6.84. The molecule has 0 amide bonds. The van der Waals surface area contributed by atoms with Crippen molar-refractivity contribution in [2.45, 2.75) is 45.8 Å². The first-order valence-electron chi connectivity index (χ1n) is 6.39. The fourth-order valence-electron chi connectivity index (χ4n) is 1.37. The Bertz CT molecular complexity index is 361. The van der Waals surface area contributed by atoms with Gasteiger partial charge in [0, 0.05) is 6.20 Å². The highest BCUT2D eigenvalue weighted by atomic mass is 16.5. The van der Waals surface area contributed by atoms with Gasteiger partial charge in [-0.25, -0.2) is 0 Å². The summed E-state index contributed by atoms with van der Waals surface area (Å²) in [6, 6.07) is 1.75. The van der Waals surface area contributed by atoms with E-state index in [0.29, 0.717) is 13.2 Å². The molecule has 2 N–H and O–H groups in total. The molecule has 18 heavy (non-hydrogen) atoms. The Morgan fingerprint density at radius 3 is 2.67 bits per heavy atom. The highest BCUT2D eigenvalue weighted by Crippen LogP contribution is 2.18. The summed E-state index contributed by atoms with van der Waals surface area (Å²) >= 11 is 0. The molecule has 0 aliphatic heterocycles. The van der Waals surface area contributed by atoms with Crippen molar-refractivity contribution in [2.24, 2.45) is 5.73 Å². The Kier molecular flexibility index (Phi) is 5.56. The van der Waals surface area contributed by atoms with E-state index in [2.05, 4.69) is 11.9 Å². The highest BCUT2D eigenvalue weighted by molar-refractivity contribution is 5.25. The molecule has 0 fully saturated rings. The van der Waals surface area contributed by atoms with Crippen molar-refractivity contribution in [1.82, 2.24) is 4.98 Å². The molecule has 0 bridgehead atoms. The van der Waals surface area contributed by atoms with E-state index < -0.39 is 0 Å². The number of rotatable bonds is 6. The average molecular weight is 252 g/mol. The van der Waals surface area contributed by atoms with Gasteiger partial charge < -0.3 is 15.2 Å². The molecule has 1 heterocycles. The molecule has 4 nitrogen and oxygen atoms in total. The standard InChI is InChI=1S/C14H24N2O2/c1-5-6-17-12-7-11(8-16-9-12)13(15)10-18-14(2,3)4/h7-9,13H,5-6,10,15H2,1-4H3. The van der Waals surface area contributed by atoms with Gasteiger partial charge in [-0.3, -0.25) is 4.98 Å². The van der Waals surface area contributed by atoms with E-state index >= 15 is 0 Å². The predicted octanol–water partition coefficient (Wildman–Crippen LogP) is 2.69. The molecule has 102 valence electrons. The molecule has 0 saturated heterocycles. The summed E-state index contributed by atoms with van der Waals surface area (Å²) in [6.07, 6.45) is 4.44. The number of hydrogen-bond donors (Lipinski definition) is 1. The van der Waals surface area contributed by atoms with Crippen molar-refractivity contribution in [1.29, 1.82) is 0 Å². The van der Waals surface area contributed by atoms with Crippen molar-refractivity contribution >= 4 is 0 Å². The SMILES string of the molecule is CCCOc1cncc(C(N)COC(C)(C)C)c1. The smallest absolute Gasteiger partial charge is 0.137 e. The topological polar surface area (TPSA) is 57.4 Å².